The van der Waals surface area contributed by atoms with Crippen molar-refractivity contribution in [1.82, 2.24) is 10.2 Å². The van der Waals surface area contributed by atoms with Crippen LogP contribution in [0.3, 0.4) is 0 Å². The number of nitrogens with zero attached hydrogens (tertiary/aromatic N) is 1. The smallest absolute Gasteiger partial charge is 0.243 e. The lowest BCUT2D eigenvalue weighted by molar-refractivity contribution is -0.141. The Hall–Kier alpha value is -2.76. The fourth-order valence-corrected chi connectivity index (χ4v) is 4.79. The predicted molar refractivity (Wildman–Crippen MR) is 146 cm³/mol. The number of amides is 2. The number of halogens is 1. The van der Waals surface area contributed by atoms with E-state index in [0.717, 1.165) is 28.0 Å². The molecule has 0 heterocycles. The molecule has 0 radical (unpaired) electrons. The molecule has 2 amide bonds. The molecule has 0 saturated heterocycles. The van der Waals surface area contributed by atoms with Crippen molar-refractivity contribution >= 4 is 35.2 Å². The molecule has 0 aliphatic rings. The third kappa shape index (κ3) is 8.44. The van der Waals surface area contributed by atoms with Gasteiger partial charge in [-0.2, -0.15) is 0 Å². The number of carbonyl (C=O) groups is 2. The first-order valence-corrected chi connectivity index (χ1v) is 13.4. The van der Waals surface area contributed by atoms with E-state index in [-0.39, 0.29) is 11.8 Å². The highest BCUT2D eigenvalue weighted by Gasteiger charge is 2.30. The quantitative estimate of drug-likeness (QED) is 0.292. The van der Waals surface area contributed by atoms with Crippen LogP contribution in [0.25, 0.3) is 0 Å². The zero-order valence-corrected chi connectivity index (χ0v) is 21.9. The van der Waals surface area contributed by atoms with Crippen LogP contribution in [0.5, 0.6) is 0 Å². The number of rotatable bonds is 12. The number of benzene rings is 3. The van der Waals surface area contributed by atoms with Crippen LogP contribution in [0, 0.1) is 6.92 Å². The predicted octanol–water partition coefficient (Wildman–Crippen LogP) is 6.30. The average molecular weight is 509 g/mol. The van der Waals surface area contributed by atoms with Crippen molar-refractivity contribution in [3.63, 3.8) is 0 Å². The van der Waals surface area contributed by atoms with Crippen LogP contribution in [0.15, 0.2) is 83.8 Å². The molecule has 0 spiro atoms. The Morgan fingerprint density at radius 2 is 1.66 bits per heavy atom. The van der Waals surface area contributed by atoms with Crippen LogP contribution in [-0.4, -0.2) is 35.1 Å². The van der Waals surface area contributed by atoms with Crippen LogP contribution in [-0.2, 0) is 22.6 Å². The summed E-state index contributed by atoms with van der Waals surface area (Å²) < 4.78 is 0. The van der Waals surface area contributed by atoms with Gasteiger partial charge in [0.2, 0.25) is 11.8 Å². The molecule has 0 aliphatic carbocycles. The van der Waals surface area contributed by atoms with Crippen LogP contribution >= 0.6 is 23.4 Å². The molecule has 3 rings (SSSR count). The summed E-state index contributed by atoms with van der Waals surface area (Å²) in [5.41, 5.74) is 3.18. The van der Waals surface area contributed by atoms with Gasteiger partial charge in [-0.25, -0.2) is 0 Å². The average Bonchev–Trinajstić information content (AvgIpc) is 2.87. The van der Waals surface area contributed by atoms with Crippen molar-refractivity contribution in [1.29, 1.82) is 0 Å². The molecule has 3 aromatic carbocycles. The summed E-state index contributed by atoms with van der Waals surface area (Å²) in [7, 11) is 0. The number of hydrogen-bond donors (Lipinski definition) is 1. The highest BCUT2D eigenvalue weighted by atomic mass is 35.5. The Morgan fingerprint density at radius 1 is 0.971 bits per heavy atom. The van der Waals surface area contributed by atoms with E-state index < -0.39 is 6.04 Å². The third-order valence-corrected chi connectivity index (χ3v) is 7.09. The monoisotopic (exact) mass is 508 g/mol. The first-order chi connectivity index (χ1) is 17.0. The Balaban J connectivity index is 1.83. The Morgan fingerprint density at radius 3 is 2.34 bits per heavy atom. The van der Waals surface area contributed by atoms with Crippen molar-refractivity contribution in [2.24, 2.45) is 0 Å². The molecular formula is C29H33ClN2O2S. The molecule has 35 heavy (non-hydrogen) atoms. The van der Waals surface area contributed by atoms with Crippen molar-refractivity contribution in [2.45, 2.75) is 50.6 Å². The van der Waals surface area contributed by atoms with Gasteiger partial charge in [-0.1, -0.05) is 73.1 Å². The maximum Gasteiger partial charge on any atom is 0.243 e. The van der Waals surface area contributed by atoms with Crippen molar-refractivity contribution in [3.05, 3.63) is 101 Å². The van der Waals surface area contributed by atoms with Crippen molar-refractivity contribution in [2.75, 3.05) is 12.3 Å². The molecular weight excluding hydrogens is 476 g/mol. The Kier molecular flexibility index (Phi) is 10.7. The van der Waals surface area contributed by atoms with Gasteiger partial charge in [-0.3, -0.25) is 9.59 Å². The number of thioether (sulfide) groups is 1. The molecule has 0 aromatic heterocycles. The summed E-state index contributed by atoms with van der Waals surface area (Å²) in [6.07, 6.45) is 1.65. The Bertz CT molecular complexity index is 1090. The minimum Gasteiger partial charge on any atom is -0.354 e. The lowest BCUT2D eigenvalue weighted by Gasteiger charge is -2.32. The standard InChI is InChI=1S/C29H33ClN2O2S/c1-3-18-31-29(34)27(20-23-10-5-4-6-11-23)32(21-24-12-8-7-9-22(24)2)28(33)17-19-35-26-15-13-25(30)14-16-26/h4-16,27H,3,17-21H2,1-2H3,(H,31,34)/t27-/m1/s1. The molecule has 1 atom stereocenters. The van der Waals surface area contributed by atoms with E-state index in [1.807, 2.05) is 92.7 Å². The van der Waals surface area contributed by atoms with Crippen LogP contribution in [0.1, 0.15) is 36.5 Å². The van der Waals surface area contributed by atoms with Crippen molar-refractivity contribution in [3.8, 4) is 0 Å². The molecule has 0 saturated carbocycles. The van der Waals surface area contributed by atoms with E-state index in [0.29, 0.717) is 36.7 Å². The first kappa shape index (κ1) is 26.8. The summed E-state index contributed by atoms with van der Waals surface area (Å²) in [6, 6.07) is 25.0. The van der Waals surface area contributed by atoms with Crippen LogP contribution < -0.4 is 5.32 Å². The van der Waals surface area contributed by atoms with Gasteiger partial charge in [-0.05, 0) is 54.3 Å². The summed E-state index contributed by atoms with van der Waals surface area (Å²) in [4.78, 5) is 29.8. The van der Waals surface area contributed by atoms with Gasteiger partial charge in [-0.15, -0.1) is 11.8 Å². The van der Waals surface area contributed by atoms with Gasteiger partial charge < -0.3 is 10.2 Å². The fourth-order valence-electron chi connectivity index (χ4n) is 3.82. The molecule has 0 fully saturated rings. The molecule has 3 aromatic rings. The maximum atomic E-state index is 13.6. The highest BCUT2D eigenvalue weighted by molar-refractivity contribution is 7.99. The summed E-state index contributed by atoms with van der Waals surface area (Å²) >= 11 is 7.60. The Labute approximate surface area is 218 Å². The number of carbonyl (C=O) groups excluding carboxylic acids is 2. The lowest BCUT2D eigenvalue weighted by atomic mass is 10.0. The van der Waals surface area contributed by atoms with Crippen LogP contribution in [0.4, 0.5) is 0 Å². The minimum atomic E-state index is -0.586. The molecule has 4 nitrogen and oxygen atoms in total. The lowest BCUT2D eigenvalue weighted by Crippen LogP contribution is -2.50. The second kappa shape index (κ2) is 14.0. The first-order valence-electron chi connectivity index (χ1n) is 12.0. The molecule has 0 bridgehead atoms. The number of nitrogens with one attached hydrogen (secondary N) is 1. The van der Waals surface area contributed by atoms with E-state index in [1.165, 1.54) is 0 Å². The molecule has 0 aliphatic heterocycles. The molecule has 0 unspecified atom stereocenters. The molecule has 6 heteroatoms. The van der Waals surface area contributed by atoms with Gasteiger partial charge in [0.15, 0.2) is 0 Å². The summed E-state index contributed by atoms with van der Waals surface area (Å²) in [5, 5.41) is 3.72. The van der Waals surface area contributed by atoms with E-state index in [2.05, 4.69) is 5.32 Å². The highest BCUT2D eigenvalue weighted by Crippen LogP contribution is 2.23. The van der Waals surface area contributed by atoms with E-state index in [9.17, 15) is 9.59 Å². The van der Waals surface area contributed by atoms with Gasteiger partial charge in [0, 0.05) is 41.6 Å². The van der Waals surface area contributed by atoms with Gasteiger partial charge >= 0.3 is 0 Å². The van der Waals surface area contributed by atoms with Gasteiger partial charge in [0.25, 0.3) is 0 Å². The second-order valence-electron chi connectivity index (χ2n) is 8.50. The molecule has 1 N–H and O–H groups in total. The van der Waals surface area contributed by atoms with E-state index in [4.69, 9.17) is 11.6 Å². The fraction of sp³-hybridized carbons (Fsp3) is 0.310. The SMILES string of the molecule is CCCNC(=O)[C@@H](Cc1ccccc1)N(Cc1ccccc1C)C(=O)CCSc1ccc(Cl)cc1. The normalized spacial score (nSPS) is 11.6. The molecule has 184 valence electrons. The summed E-state index contributed by atoms with van der Waals surface area (Å²) in [5.74, 6) is 0.490. The number of hydrogen-bond acceptors (Lipinski definition) is 3. The zero-order valence-electron chi connectivity index (χ0n) is 20.4. The van der Waals surface area contributed by atoms with E-state index >= 15 is 0 Å². The van der Waals surface area contributed by atoms with Crippen LogP contribution in [0.2, 0.25) is 5.02 Å². The second-order valence-corrected chi connectivity index (χ2v) is 10.1. The van der Waals surface area contributed by atoms with Gasteiger partial charge in [0.1, 0.15) is 6.04 Å². The van der Waals surface area contributed by atoms with Gasteiger partial charge in [0.05, 0.1) is 0 Å². The largest absolute Gasteiger partial charge is 0.354 e. The third-order valence-electron chi connectivity index (χ3n) is 5.82. The maximum absolute atomic E-state index is 13.6. The summed E-state index contributed by atoms with van der Waals surface area (Å²) in [6.45, 7) is 5.05. The van der Waals surface area contributed by atoms with Crippen molar-refractivity contribution < 1.29 is 9.59 Å². The number of aryl methyl sites for hydroxylation is 1. The van der Waals surface area contributed by atoms with E-state index in [1.54, 1.807) is 16.7 Å². The topological polar surface area (TPSA) is 49.4 Å². The zero-order chi connectivity index (χ0) is 25.0. The minimum absolute atomic E-state index is 0.0257.